The molecule has 2 amide bonds. The maximum Gasteiger partial charge on any atom is 0.319 e. The Morgan fingerprint density at radius 1 is 1.42 bits per heavy atom. The Bertz CT molecular complexity index is 164. The van der Waals surface area contributed by atoms with Crippen LogP contribution in [0.1, 0.15) is 6.42 Å². The minimum absolute atomic E-state index is 0.0468. The SMILES string of the molecule is CN(C)C(=O)N(C)C1CCOC1. The van der Waals surface area contributed by atoms with E-state index in [0.717, 1.165) is 13.0 Å². The summed E-state index contributed by atoms with van der Waals surface area (Å²) in [4.78, 5) is 14.8. The van der Waals surface area contributed by atoms with E-state index in [1.54, 1.807) is 23.9 Å². The molecule has 1 heterocycles. The molecule has 1 aliphatic rings. The largest absolute Gasteiger partial charge is 0.379 e. The number of urea groups is 1. The molecule has 1 atom stereocenters. The van der Waals surface area contributed by atoms with E-state index in [1.165, 1.54) is 0 Å². The molecule has 0 spiro atoms. The van der Waals surface area contributed by atoms with Crippen LogP contribution in [0.5, 0.6) is 0 Å². The number of ether oxygens (including phenoxy) is 1. The van der Waals surface area contributed by atoms with Gasteiger partial charge in [0.1, 0.15) is 0 Å². The summed E-state index contributed by atoms with van der Waals surface area (Å²) in [5.41, 5.74) is 0. The Morgan fingerprint density at radius 3 is 2.50 bits per heavy atom. The van der Waals surface area contributed by atoms with Crippen LogP contribution in [0.25, 0.3) is 0 Å². The van der Waals surface area contributed by atoms with Gasteiger partial charge in [-0.15, -0.1) is 0 Å². The van der Waals surface area contributed by atoms with E-state index in [4.69, 9.17) is 4.74 Å². The lowest BCUT2D eigenvalue weighted by molar-refractivity contribution is 0.144. The fraction of sp³-hybridized carbons (Fsp3) is 0.875. The number of carbonyl (C=O) groups is 1. The van der Waals surface area contributed by atoms with Crippen LogP contribution in [-0.4, -0.2) is 56.2 Å². The van der Waals surface area contributed by atoms with E-state index >= 15 is 0 Å². The Kier molecular flexibility index (Phi) is 2.92. The summed E-state index contributed by atoms with van der Waals surface area (Å²) in [7, 11) is 5.34. The summed E-state index contributed by atoms with van der Waals surface area (Å²) >= 11 is 0. The average molecular weight is 172 g/mol. The van der Waals surface area contributed by atoms with Crippen LogP contribution >= 0.6 is 0 Å². The van der Waals surface area contributed by atoms with Crippen LogP contribution in [-0.2, 0) is 4.74 Å². The zero-order chi connectivity index (χ0) is 9.14. The Balaban J connectivity index is 2.45. The van der Waals surface area contributed by atoms with Crippen LogP contribution in [0.15, 0.2) is 0 Å². The van der Waals surface area contributed by atoms with Crippen LogP contribution in [0.2, 0.25) is 0 Å². The number of amides is 2. The van der Waals surface area contributed by atoms with Crippen molar-refractivity contribution in [1.29, 1.82) is 0 Å². The molecule has 1 rings (SSSR count). The summed E-state index contributed by atoms with van der Waals surface area (Å²) in [6.07, 6.45) is 0.954. The highest BCUT2D eigenvalue weighted by molar-refractivity contribution is 5.73. The molecule has 1 saturated heterocycles. The Morgan fingerprint density at radius 2 is 2.08 bits per heavy atom. The van der Waals surface area contributed by atoms with Gasteiger partial charge < -0.3 is 14.5 Å². The second kappa shape index (κ2) is 3.76. The van der Waals surface area contributed by atoms with E-state index in [2.05, 4.69) is 0 Å². The van der Waals surface area contributed by atoms with Crippen molar-refractivity contribution in [2.45, 2.75) is 12.5 Å². The molecule has 0 aromatic heterocycles. The van der Waals surface area contributed by atoms with Crippen molar-refractivity contribution in [3.8, 4) is 0 Å². The first kappa shape index (κ1) is 9.32. The zero-order valence-corrected chi connectivity index (χ0v) is 7.91. The zero-order valence-electron chi connectivity index (χ0n) is 7.91. The van der Waals surface area contributed by atoms with Crippen molar-refractivity contribution in [3.63, 3.8) is 0 Å². The van der Waals surface area contributed by atoms with Crippen LogP contribution in [0, 0.1) is 0 Å². The van der Waals surface area contributed by atoms with E-state index < -0.39 is 0 Å². The van der Waals surface area contributed by atoms with Crippen LogP contribution in [0.4, 0.5) is 4.79 Å². The molecule has 0 bridgehead atoms. The van der Waals surface area contributed by atoms with Crippen molar-refractivity contribution in [2.75, 3.05) is 34.4 Å². The third-order valence-corrected chi connectivity index (χ3v) is 2.14. The molecule has 70 valence electrons. The predicted octanol–water partition coefficient (Wildman–Crippen LogP) is 0.389. The highest BCUT2D eigenvalue weighted by Crippen LogP contribution is 2.11. The lowest BCUT2D eigenvalue weighted by Gasteiger charge is -2.26. The number of hydrogen-bond donors (Lipinski definition) is 0. The number of nitrogens with zero attached hydrogens (tertiary/aromatic N) is 2. The summed E-state index contributed by atoms with van der Waals surface area (Å²) in [6, 6.07) is 0.311. The predicted molar refractivity (Wildman–Crippen MR) is 46.1 cm³/mol. The normalized spacial score (nSPS) is 22.4. The first-order chi connectivity index (χ1) is 5.63. The fourth-order valence-electron chi connectivity index (χ4n) is 1.30. The summed E-state index contributed by atoms with van der Waals surface area (Å²) in [5.74, 6) is 0. The molecule has 0 aromatic rings. The molecule has 1 aliphatic heterocycles. The molecule has 0 aliphatic carbocycles. The van der Waals surface area contributed by atoms with Crippen LogP contribution < -0.4 is 0 Å². The second-order valence-corrected chi connectivity index (χ2v) is 3.31. The molecule has 0 radical (unpaired) electrons. The molecule has 0 N–H and O–H groups in total. The van der Waals surface area contributed by atoms with Gasteiger partial charge in [0.25, 0.3) is 0 Å². The fourth-order valence-corrected chi connectivity index (χ4v) is 1.30. The number of hydrogen-bond acceptors (Lipinski definition) is 2. The number of carbonyl (C=O) groups excluding carboxylic acids is 1. The first-order valence-electron chi connectivity index (χ1n) is 4.15. The van der Waals surface area contributed by atoms with Crippen molar-refractivity contribution >= 4 is 6.03 Å². The second-order valence-electron chi connectivity index (χ2n) is 3.31. The Hall–Kier alpha value is -0.770. The van der Waals surface area contributed by atoms with Crippen molar-refractivity contribution < 1.29 is 9.53 Å². The van der Waals surface area contributed by atoms with Crippen molar-refractivity contribution in [1.82, 2.24) is 9.80 Å². The number of rotatable bonds is 1. The van der Waals surface area contributed by atoms with E-state index in [-0.39, 0.29) is 12.1 Å². The van der Waals surface area contributed by atoms with Gasteiger partial charge in [0.15, 0.2) is 0 Å². The third-order valence-electron chi connectivity index (χ3n) is 2.14. The smallest absolute Gasteiger partial charge is 0.319 e. The van der Waals surface area contributed by atoms with Gasteiger partial charge in [0, 0.05) is 27.7 Å². The van der Waals surface area contributed by atoms with E-state index in [1.807, 2.05) is 7.05 Å². The molecular weight excluding hydrogens is 156 g/mol. The summed E-state index contributed by atoms with van der Waals surface area (Å²) < 4.78 is 5.20. The van der Waals surface area contributed by atoms with Crippen molar-refractivity contribution in [3.05, 3.63) is 0 Å². The minimum atomic E-state index is 0.0468. The molecule has 4 nitrogen and oxygen atoms in total. The lowest BCUT2D eigenvalue weighted by atomic mass is 10.2. The van der Waals surface area contributed by atoms with Gasteiger partial charge >= 0.3 is 6.03 Å². The van der Waals surface area contributed by atoms with E-state index in [0.29, 0.717) is 6.61 Å². The van der Waals surface area contributed by atoms with Gasteiger partial charge in [0.2, 0.25) is 0 Å². The molecule has 1 fully saturated rings. The molecule has 0 aromatic carbocycles. The van der Waals surface area contributed by atoms with Gasteiger partial charge in [-0.05, 0) is 6.42 Å². The third kappa shape index (κ3) is 1.88. The summed E-state index contributed by atoms with van der Waals surface area (Å²) in [6.45, 7) is 1.45. The molecule has 0 saturated carbocycles. The minimum Gasteiger partial charge on any atom is -0.379 e. The topological polar surface area (TPSA) is 32.8 Å². The quantitative estimate of drug-likeness (QED) is 0.573. The molecule has 12 heavy (non-hydrogen) atoms. The molecular formula is C8H16N2O2. The number of likely N-dealkylation sites (N-methyl/N-ethyl adjacent to an activating group) is 1. The van der Waals surface area contributed by atoms with Crippen LogP contribution in [0.3, 0.4) is 0 Å². The van der Waals surface area contributed by atoms with Gasteiger partial charge in [-0.3, -0.25) is 0 Å². The molecule has 4 heteroatoms. The lowest BCUT2D eigenvalue weighted by Crippen LogP contribution is -2.43. The highest BCUT2D eigenvalue weighted by Gasteiger charge is 2.24. The van der Waals surface area contributed by atoms with Crippen molar-refractivity contribution in [2.24, 2.45) is 0 Å². The van der Waals surface area contributed by atoms with Gasteiger partial charge in [-0.2, -0.15) is 0 Å². The monoisotopic (exact) mass is 172 g/mol. The molecule has 1 unspecified atom stereocenters. The maximum atomic E-state index is 11.4. The Labute approximate surface area is 73.1 Å². The highest BCUT2D eigenvalue weighted by atomic mass is 16.5. The van der Waals surface area contributed by atoms with Gasteiger partial charge in [-0.25, -0.2) is 4.79 Å². The average Bonchev–Trinajstić information content (AvgIpc) is 2.53. The standard InChI is InChI=1S/C8H16N2O2/c1-9(2)8(11)10(3)7-4-5-12-6-7/h7H,4-6H2,1-3H3. The van der Waals surface area contributed by atoms with Gasteiger partial charge in [-0.1, -0.05) is 0 Å². The van der Waals surface area contributed by atoms with E-state index in [9.17, 15) is 4.79 Å². The maximum absolute atomic E-state index is 11.4. The first-order valence-corrected chi connectivity index (χ1v) is 4.15. The summed E-state index contributed by atoms with van der Waals surface area (Å²) in [5, 5.41) is 0. The van der Waals surface area contributed by atoms with Gasteiger partial charge in [0.05, 0.1) is 12.6 Å².